The van der Waals surface area contributed by atoms with Gasteiger partial charge in [-0.25, -0.2) is 9.97 Å². The molecule has 258 valence electrons. The van der Waals surface area contributed by atoms with E-state index in [2.05, 4.69) is 32.6 Å². The largest absolute Gasteiger partial charge is 0.358 e. The van der Waals surface area contributed by atoms with Crippen LogP contribution in [0.4, 0.5) is 11.4 Å². The van der Waals surface area contributed by atoms with Crippen molar-refractivity contribution in [3.8, 4) is 11.1 Å². The molecule has 4 aromatic rings. The molecule has 0 spiro atoms. The van der Waals surface area contributed by atoms with Crippen molar-refractivity contribution >= 4 is 57.7 Å². The standard InChI is InChI=1S/C36H38N8O4S2/c1-37-31(45)19-41-13-11-25-29(17-41)49-33(39-25)35(47)43-15-9-23-21(5-3-7-27(23)43)22-6-4-8-28-24(22)10-16-44(28)36(48)34-40-26-12-14-42(18-30(26)50-34)20-32(46)38-2/h3-8H,9-20H2,1-2H3,(H,37,45)(H,38,46). The first kappa shape index (κ1) is 32.7. The predicted octanol–water partition coefficient (Wildman–Crippen LogP) is 2.88. The van der Waals surface area contributed by atoms with Crippen LogP contribution in [-0.4, -0.2) is 96.8 Å². The number of amides is 4. The quantitative estimate of drug-likeness (QED) is 0.300. The normalized spacial score (nSPS) is 16.8. The van der Waals surface area contributed by atoms with Gasteiger partial charge in [0, 0.05) is 87.3 Å². The zero-order valence-corrected chi connectivity index (χ0v) is 29.7. The Bertz CT molecular complexity index is 1900. The summed E-state index contributed by atoms with van der Waals surface area (Å²) in [5.41, 5.74) is 8.17. The van der Waals surface area contributed by atoms with Crippen LogP contribution < -0.4 is 20.4 Å². The van der Waals surface area contributed by atoms with Gasteiger partial charge in [-0.1, -0.05) is 24.3 Å². The molecule has 8 rings (SSSR count). The lowest BCUT2D eigenvalue weighted by molar-refractivity contribution is -0.122. The molecule has 12 nitrogen and oxygen atoms in total. The highest BCUT2D eigenvalue weighted by molar-refractivity contribution is 7.14. The molecular weight excluding hydrogens is 673 g/mol. The van der Waals surface area contributed by atoms with Gasteiger partial charge in [-0.05, 0) is 47.2 Å². The molecule has 0 fully saturated rings. The lowest BCUT2D eigenvalue weighted by Crippen LogP contribution is -2.38. The van der Waals surface area contributed by atoms with E-state index in [1.165, 1.54) is 22.7 Å². The number of thiazole rings is 2. The second-order valence-corrected chi connectivity index (χ2v) is 15.2. The number of hydrogen-bond donors (Lipinski definition) is 2. The van der Waals surface area contributed by atoms with Crippen molar-refractivity contribution in [2.75, 3.05) is 63.2 Å². The van der Waals surface area contributed by atoms with E-state index in [1.807, 2.05) is 34.1 Å². The van der Waals surface area contributed by atoms with Crippen LogP contribution in [-0.2, 0) is 48.4 Å². The van der Waals surface area contributed by atoms with E-state index in [-0.39, 0.29) is 23.6 Å². The molecule has 4 aliphatic rings. The molecule has 2 aromatic heterocycles. The van der Waals surface area contributed by atoms with Crippen LogP contribution in [0.3, 0.4) is 0 Å². The summed E-state index contributed by atoms with van der Waals surface area (Å²) in [6, 6.07) is 12.3. The van der Waals surface area contributed by atoms with Crippen molar-refractivity contribution in [1.29, 1.82) is 0 Å². The van der Waals surface area contributed by atoms with E-state index in [9.17, 15) is 19.2 Å². The minimum atomic E-state index is -0.0869. The second-order valence-electron chi connectivity index (χ2n) is 13.1. The van der Waals surface area contributed by atoms with Crippen molar-refractivity contribution in [2.45, 2.75) is 38.8 Å². The van der Waals surface area contributed by atoms with E-state index < -0.39 is 0 Å². The topological polar surface area (TPSA) is 131 Å². The summed E-state index contributed by atoms with van der Waals surface area (Å²) < 4.78 is 0. The Balaban J connectivity index is 1.01. The van der Waals surface area contributed by atoms with Gasteiger partial charge in [0.1, 0.15) is 0 Å². The lowest BCUT2D eigenvalue weighted by Gasteiger charge is -2.24. The Morgan fingerprint density at radius 3 is 1.50 bits per heavy atom. The molecule has 4 aliphatic heterocycles. The molecule has 2 aromatic carbocycles. The molecule has 0 saturated carbocycles. The number of carbonyl (C=O) groups is 4. The van der Waals surface area contributed by atoms with Crippen LogP contribution in [0.15, 0.2) is 36.4 Å². The first-order valence-electron chi connectivity index (χ1n) is 17.0. The molecule has 0 atom stereocenters. The van der Waals surface area contributed by atoms with E-state index in [0.29, 0.717) is 49.3 Å². The maximum absolute atomic E-state index is 13.9. The molecule has 14 heteroatoms. The molecule has 0 unspecified atom stereocenters. The summed E-state index contributed by atoms with van der Waals surface area (Å²) in [6.45, 7) is 4.54. The Hall–Kier alpha value is -4.50. The summed E-state index contributed by atoms with van der Waals surface area (Å²) in [7, 11) is 3.28. The van der Waals surface area contributed by atoms with Crippen molar-refractivity contribution in [3.63, 3.8) is 0 Å². The number of hydrogen-bond acceptors (Lipinski definition) is 10. The Labute approximate surface area is 298 Å². The van der Waals surface area contributed by atoms with E-state index >= 15 is 0 Å². The van der Waals surface area contributed by atoms with Crippen molar-refractivity contribution in [2.24, 2.45) is 0 Å². The smallest absolute Gasteiger partial charge is 0.287 e. The highest BCUT2D eigenvalue weighted by atomic mass is 32.1. The third-order valence-electron chi connectivity index (χ3n) is 10.1. The maximum atomic E-state index is 13.9. The van der Waals surface area contributed by atoms with Gasteiger partial charge >= 0.3 is 0 Å². The van der Waals surface area contributed by atoms with Gasteiger partial charge in [0.2, 0.25) is 11.8 Å². The summed E-state index contributed by atoms with van der Waals surface area (Å²) >= 11 is 2.87. The third kappa shape index (κ3) is 5.89. The maximum Gasteiger partial charge on any atom is 0.287 e. The molecule has 0 aliphatic carbocycles. The highest BCUT2D eigenvalue weighted by Crippen LogP contribution is 2.43. The molecule has 2 N–H and O–H groups in total. The molecule has 50 heavy (non-hydrogen) atoms. The number of anilines is 2. The third-order valence-corrected chi connectivity index (χ3v) is 12.3. The van der Waals surface area contributed by atoms with E-state index in [4.69, 9.17) is 9.97 Å². The monoisotopic (exact) mass is 710 g/mol. The van der Waals surface area contributed by atoms with Crippen LogP contribution in [0.2, 0.25) is 0 Å². The Morgan fingerprint density at radius 1 is 0.640 bits per heavy atom. The van der Waals surface area contributed by atoms with Crippen LogP contribution in [0.1, 0.15) is 51.9 Å². The number of fused-ring (bicyclic) bond motifs is 4. The first-order chi connectivity index (χ1) is 24.3. The number of benzene rings is 2. The van der Waals surface area contributed by atoms with Crippen molar-refractivity contribution in [1.82, 2.24) is 30.4 Å². The average Bonchev–Trinajstić information content (AvgIpc) is 3.94. The minimum Gasteiger partial charge on any atom is -0.358 e. The molecule has 6 heterocycles. The molecule has 0 radical (unpaired) electrons. The lowest BCUT2D eigenvalue weighted by atomic mass is 9.93. The van der Waals surface area contributed by atoms with Gasteiger partial charge in [-0.15, -0.1) is 22.7 Å². The molecule has 0 saturated heterocycles. The number of rotatable bonds is 7. The Morgan fingerprint density at radius 2 is 1.08 bits per heavy atom. The molecule has 4 amide bonds. The number of likely N-dealkylation sites (N-methyl/N-ethyl adjacent to an activating group) is 2. The SMILES string of the molecule is CNC(=O)CN1CCc2nc(C(=O)N3CCc4c(-c5cccc6c5CCN6C(=O)c5nc6c(s5)CN(CC(=O)NC)CC6)cccc43)sc2C1. The molecular formula is C36H38N8O4S2. The highest BCUT2D eigenvalue weighted by Gasteiger charge is 2.34. The predicted molar refractivity (Wildman–Crippen MR) is 193 cm³/mol. The zero-order valence-electron chi connectivity index (χ0n) is 28.1. The van der Waals surface area contributed by atoms with E-state index in [1.54, 1.807) is 14.1 Å². The van der Waals surface area contributed by atoms with Gasteiger partial charge < -0.3 is 20.4 Å². The van der Waals surface area contributed by atoms with Crippen LogP contribution in [0.25, 0.3) is 11.1 Å². The number of carbonyl (C=O) groups excluding carboxylic acids is 4. The number of nitrogens with one attached hydrogen (secondary N) is 2. The fourth-order valence-corrected chi connectivity index (χ4v) is 9.74. The summed E-state index contributed by atoms with van der Waals surface area (Å²) in [4.78, 5) is 71.1. The number of aromatic nitrogens is 2. The van der Waals surface area contributed by atoms with Gasteiger partial charge in [-0.2, -0.15) is 0 Å². The number of nitrogens with zero attached hydrogens (tertiary/aromatic N) is 6. The summed E-state index contributed by atoms with van der Waals surface area (Å²) in [5.74, 6) is -0.215. The fraction of sp³-hybridized carbons (Fsp3) is 0.389. The van der Waals surface area contributed by atoms with Gasteiger partial charge in [-0.3, -0.25) is 29.0 Å². The molecule has 0 bridgehead atoms. The van der Waals surface area contributed by atoms with Gasteiger partial charge in [0.25, 0.3) is 11.8 Å². The van der Waals surface area contributed by atoms with Crippen LogP contribution in [0.5, 0.6) is 0 Å². The van der Waals surface area contributed by atoms with Crippen molar-refractivity contribution < 1.29 is 19.2 Å². The van der Waals surface area contributed by atoms with Gasteiger partial charge in [0.15, 0.2) is 10.0 Å². The fourth-order valence-electron chi connectivity index (χ4n) is 7.54. The van der Waals surface area contributed by atoms with Crippen LogP contribution >= 0.6 is 22.7 Å². The van der Waals surface area contributed by atoms with Crippen LogP contribution in [0, 0.1) is 0 Å². The van der Waals surface area contributed by atoms with E-state index in [0.717, 1.165) is 93.5 Å². The summed E-state index contributed by atoms with van der Waals surface area (Å²) in [5, 5.41) is 6.35. The Kier molecular flexibility index (Phi) is 8.71. The minimum absolute atomic E-state index is 0.0203. The van der Waals surface area contributed by atoms with Gasteiger partial charge in [0.05, 0.1) is 24.5 Å². The second kappa shape index (κ2) is 13.3. The van der Waals surface area contributed by atoms with Crippen molar-refractivity contribution in [3.05, 3.63) is 78.7 Å². The summed E-state index contributed by atoms with van der Waals surface area (Å²) in [6.07, 6.45) is 2.91. The zero-order chi connectivity index (χ0) is 34.5. The first-order valence-corrected chi connectivity index (χ1v) is 18.7. The average molecular weight is 711 g/mol.